The van der Waals surface area contributed by atoms with Crippen molar-refractivity contribution in [3.63, 3.8) is 0 Å². The van der Waals surface area contributed by atoms with Crippen LogP contribution in [0.5, 0.6) is 5.75 Å². The molecule has 0 bridgehead atoms. The van der Waals surface area contributed by atoms with E-state index in [0.717, 1.165) is 56.2 Å². The maximum Gasteiger partial charge on any atom is 0.308 e. The van der Waals surface area contributed by atoms with Gasteiger partial charge in [0.1, 0.15) is 12.4 Å². The lowest BCUT2D eigenvalue weighted by atomic mass is 9.97. The van der Waals surface area contributed by atoms with Gasteiger partial charge < -0.3 is 19.7 Å². The van der Waals surface area contributed by atoms with Gasteiger partial charge in [-0.3, -0.25) is 9.79 Å². The van der Waals surface area contributed by atoms with Crippen LogP contribution in [0, 0.1) is 5.92 Å². The van der Waals surface area contributed by atoms with Crippen LogP contribution in [-0.2, 0) is 22.6 Å². The van der Waals surface area contributed by atoms with Gasteiger partial charge in [-0.05, 0) is 49.4 Å². The Balaban J connectivity index is 0.00000363. The highest BCUT2D eigenvalue weighted by Gasteiger charge is 2.26. The van der Waals surface area contributed by atoms with Gasteiger partial charge in [-0.2, -0.15) is 0 Å². The minimum atomic E-state index is -0.0993. The summed E-state index contributed by atoms with van der Waals surface area (Å²) in [6, 6.07) is 18.4. The molecule has 1 aliphatic heterocycles. The Bertz CT molecular complexity index is 835. The average molecular weight is 551 g/mol. The van der Waals surface area contributed by atoms with Crippen LogP contribution in [0.2, 0.25) is 0 Å². The first-order valence-corrected chi connectivity index (χ1v) is 11.1. The number of carbonyl (C=O) groups is 1. The first kappa shape index (κ1) is 26.0. The van der Waals surface area contributed by atoms with E-state index in [1.165, 1.54) is 12.7 Å². The van der Waals surface area contributed by atoms with E-state index in [2.05, 4.69) is 41.4 Å². The number of carbonyl (C=O) groups excluding carboxylic acids is 1. The summed E-state index contributed by atoms with van der Waals surface area (Å²) in [4.78, 5) is 18.8. The molecule has 0 atom stereocenters. The molecule has 174 valence electrons. The summed E-state index contributed by atoms with van der Waals surface area (Å²) < 4.78 is 10.7. The lowest BCUT2D eigenvalue weighted by Crippen LogP contribution is -2.46. The average Bonchev–Trinajstić information content (AvgIpc) is 2.83. The highest BCUT2D eigenvalue weighted by molar-refractivity contribution is 14.0. The van der Waals surface area contributed by atoms with Gasteiger partial charge in [-0.25, -0.2) is 0 Å². The molecule has 0 spiro atoms. The largest absolute Gasteiger partial charge is 0.489 e. The Morgan fingerprint density at radius 3 is 2.38 bits per heavy atom. The van der Waals surface area contributed by atoms with Gasteiger partial charge in [-0.1, -0.05) is 42.5 Å². The normalized spacial score (nSPS) is 14.4. The number of methoxy groups -OCH3 is 1. The van der Waals surface area contributed by atoms with Crippen molar-refractivity contribution in [3.8, 4) is 5.75 Å². The van der Waals surface area contributed by atoms with Gasteiger partial charge in [0.2, 0.25) is 0 Å². The number of halogens is 1. The second-order valence-corrected chi connectivity index (χ2v) is 7.69. The fourth-order valence-electron chi connectivity index (χ4n) is 3.70. The summed E-state index contributed by atoms with van der Waals surface area (Å²) in [7, 11) is 1.46. The molecule has 1 heterocycles. The molecule has 2 aromatic carbocycles. The molecule has 1 N–H and O–H groups in total. The molecule has 0 aliphatic carbocycles. The van der Waals surface area contributed by atoms with Crippen LogP contribution in [0.1, 0.15) is 30.9 Å². The molecule has 2 aromatic rings. The number of aliphatic imine (C=N–C) groups is 1. The summed E-state index contributed by atoms with van der Waals surface area (Å²) in [6.07, 6.45) is 2.48. The third-order valence-corrected chi connectivity index (χ3v) is 5.50. The number of esters is 1. The van der Waals surface area contributed by atoms with Gasteiger partial charge in [0.15, 0.2) is 5.96 Å². The van der Waals surface area contributed by atoms with Crippen molar-refractivity contribution in [1.82, 2.24) is 10.2 Å². The SMILES string of the molecule is CCNC(=NCCc1ccc(OCc2ccccc2)cc1)N1CCC(C(=O)OC)CC1.I. The Hall–Kier alpha value is -2.29. The summed E-state index contributed by atoms with van der Waals surface area (Å²) in [5.41, 5.74) is 2.39. The summed E-state index contributed by atoms with van der Waals surface area (Å²) in [6.45, 7) is 5.82. The molecule has 3 rings (SSSR count). The molecule has 1 saturated heterocycles. The Labute approximate surface area is 208 Å². The summed E-state index contributed by atoms with van der Waals surface area (Å²) in [5.74, 6) is 1.70. The predicted octanol–water partition coefficient (Wildman–Crippen LogP) is 4.28. The van der Waals surface area contributed by atoms with Crippen molar-refractivity contribution in [1.29, 1.82) is 0 Å². The molecular formula is C25H34IN3O3. The first-order valence-electron chi connectivity index (χ1n) is 11.1. The van der Waals surface area contributed by atoms with E-state index in [0.29, 0.717) is 13.2 Å². The number of ether oxygens (including phenoxy) is 2. The number of benzene rings is 2. The predicted molar refractivity (Wildman–Crippen MR) is 139 cm³/mol. The van der Waals surface area contributed by atoms with Gasteiger partial charge in [0.25, 0.3) is 0 Å². The van der Waals surface area contributed by atoms with Crippen LogP contribution in [0.3, 0.4) is 0 Å². The van der Waals surface area contributed by atoms with Gasteiger partial charge in [-0.15, -0.1) is 24.0 Å². The maximum atomic E-state index is 11.7. The zero-order valence-electron chi connectivity index (χ0n) is 19.0. The number of hydrogen-bond acceptors (Lipinski definition) is 4. The van der Waals surface area contributed by atoms with Gasteiger partial charge in [0.05, 0.1) is 13.0 Å². The molecule has 0 aromatic heterocycles. The number of rotatable bonds is 8. The lowest BCUT2D eigenvalue weighted by molar-refractivity contribution is -0.146. The molecule has 0 unspecified atom stereocenters. The van der Waals surface area contributed by atoms with E-state index in [4.69, 9.17) is 14.5 Å². The molecule has 7 heteroatoms. The van der Waals surface area contributed by atoms with Crippen molar-refractivity contribution in [2.75, 3.05) is 33.3 Å². The van der Waals surface area contributed by atoms with Gasteiger partial charge >= 0.3 is 5.97 Å². The van der Waals surface area contributed by atoms with E-state index in [1.54, 1.807) is 0 Å². The number of guanidine groups is 1. The van der Waals surface area contributed by atoms with E-state index >= 15 is 0 Å². The second kappa shape index (κ2) is 14.0. The fourth-order valence-corrected chi connectivity index (χ4v) is 3.70. The maximum absolute atomic E-state index is 11.7. The van der Waals surface area contributed by atoms with Crippen LogP contribution in [0.15, 0.2) is 59.6 Å². The van der Waals surface area contributed by atoms with E-state index in [1.807, 2.05) is 30.3 Å². The number of hydrogen-bond donors (Lipinski definition) is 1. The van der Waals surface area contributed by atoms with Crippen LogP contribution in [0.4, 0.5) is 0 Å². The summed E-state index contributed by atoms with van der Waals surface area (Å²) >= 11 is 0. The number of nitrogens with one attached hydrogen (secondary N) is 1. The third-order valence-electron chi connectivity index (χ3n) is 5.50. The van der Waals surface area contributed by atoms with E-state index < -0.39 is 0 Å². The minimum Gasteiger partial charge on any atom is -0.489 e. The molecular weight excluding hydrogens is 517 g/mol. The monoisotopic (exact) mass is 551 g/mol. The first-order chi connectivity index (χ1) is 15.2. The fraction of sp³-hybridized carbons (Fsp3) is 0.440. The number of piperidine rings is 1. The standard InChI is InChI=1S/C25H33N3O3.HI/c1-3-26-25(28-17-14-22(15-18-28)24(29)30-2)27-16-13-20-9-11-23(12-10-20)31-19-21-7-5-4-6-8-21;/h4-12,22H,3,13-19H2,1-2H3,(H,26,27);1H. The number of nitrogens with zero attached hydrogens (tertiary/aromatic N) is 2. The highest BCUT2D eigenvalue weighted by Crippen LogP contribution is 2.19. The molecule has 1 fully saturated rings. The quantitative estimate of drug-likeness (QED) is 0.230. The minimum absolute atomic E-state index is 0. The Morgan fingerprint density at radius 2 is 1.75 bits per heavy atom. The molecule has 0 amide bonds. The molecule has 6 nitrogen and oxygen atoms in total. The summed E-state index contributed by atoms with van der Waals surface area (Å²) in [5, 5.41) is 3.38. The van der Waals surface area contributed by atoms with E-state index in [9.17, 15) is 4.79 Å². The molecule has 32 heavy (non-hydrogen) atoms. The third kappa shape index (κ3) is 8.00. The van der Waals surface area contributed by atoms with Crippen molar-refractivity contribution in [2.45, 2.75) is 32.8 Å². The number of likely N-dealkylation sites (tertiary alicyclic amines) is 1. The van der Waals surface area contributed by atoms with Crippen molar-refractivity contribution in [3.05, 3.63) is 65.7 Å². The zero-order chi connectivity index (χ0) is 21.9. The lowest BCUT2D eigenvalue weighted by Gasteiger charge is -2.33. The van der Waals surface area contributed by atoms with Crippen molar-refractivity contribution >= 4 is 35.9 Å². The van der Waals surface area contributed by atoms with Crippen LogP contribution in [-0.4, -0.2) is 50.1 Å². The highest BCUT2D eigenvalue weighted by atomic mass is 127. The van der Waals surface area contributed by atoms with Gasteiger partial charge in [0, 0.05) is 26.2 Å². The van der Waals surface area contributed by atoms with Crippen molar-refractivity contribution < 1.29 is 14.3 Å². The van der Waals surface area contributed by atoms with E-state index in [-0.39, 0.29) is 35.9 Å². The molecule has 0 radical (unpaired) electrons. The smallest absolute Gasteiger partial charge is 0.308 e. The van der Waals surface area contributed by atoms with Crippen LogP contribution < -0.4 is 10.1 Å². The van der Waals surface area contributed by atoms with Crippen LogP contribution >= 0.6 is 24.0 Å². The van der Waals surface area contributed by atoms with Crippen molar-refractivity contribution in [2.24, 2.45) is 10.9 Å². The Morgan fingerprint density at radius 1 is 1.06 bits per heavy atom. The molecule has 0 saturated carbocycles. The topological polar surface area (TPSA) is 63.2 Å². The van der Waals surface area contributed by atoms with Crippen LogP contribution in [0.25, 0.3) is 0 Å². The zero-order valence-corrected chi connectivity index (χ0v) is 21.3. The molecule has 1 aliphatic rings. The Kier molecular flexibility index (Phi) is 11.3. The second-order valence-electron chi connectivity index (χ2n) is 7.69.